The summed E-state index contributed by atoms with van der Waals surface area (Å²) < 4.78 is 19.6. The molecule has 2 amide bonds. The van der Waals surface area contributed by atoms with E-state index in [2.05, 4.69) is 4.98 Å². The van der Waals surface area contributed by atoms with Gasteiger partial charge in [-0.1, -0.05) is 41.4 Å². The Labute approximate surface area is 173 Å². The van der Waals surface area contributed by atoms with Crippen molar-refractivity contribution in [2.24, 2.45) is 5.92 Å². The lowest BCUT2D eigenvalue weighted by Crippen LogP contribution is -2.61. The van der Waals surface area contributed by atoms with Crippen LogP contribution in [0, 0.1) is 18.7 Å². The number of amides is 2. The Morgan fingerprint density at radius 2 is 1.97 bits per heavy atom. The van der Waals surface area contributed by atoms with Gasteiger partial charge in [-0.25, -0.2) is 9.37 Å². The number of halogens is 2. The molecule has 0 saturated carbocycles. The third kappa shape index (κ3) is 4.11. The van der Waals surface area contributed by atoms with Gasteiger partial charge < -0.3 is 9.64 Å². The second-order valence-electron chi connectivity index (χ2n) is 7.55. The van der Waals surface area contributed by atoms with Crippen LogP contribution in [0.3, 0.4) is 0 Å². The summed E-state index contributed by atoms with van der Waals surface area (Å²) in [6, 6.07) is 8.24. The highest BCUT2D eigenvalue weighted by Crippen LogP contribution is 2.29. The predicted molar refractivity (Wildman–Crippen MR) is 106 cm³/mol. The molecular weight excluding hydrogens is 397 g/mol. The zero-order chi connectivity index (χ0) is 20.5. The molecule has 4 rings (SSSR count). The smallest absolute Gasteiger partial charge is 0.251 e. The third-order valence-corrected chi connectivity index (χ3v) is 5.53. The van der Waals surface area contributed by atoms with E-state index in [1.807, 2.05) is 31.2 Å². The van der Waals surface area contributed by atoms with E-state index in [0.29, 0.717) is 26.2 Å². The maximum absolute atomic E-state index is 14.4. The summed E-state index contributed by atoms with van der Waals surface area (Å²) in [5, 5.41) is 0.131. The summed E-state index contributed by atoms with van der Waals surface area (Å²) >= 11 is 5.77. The van der Waals surface area contributed by atoms with Crippen molar-refractivity contribution in [3.63, 3.8) is 0 Å². The first-order valence-electron chi connectivity index (χ1n) is 9.47. The number of ether oxygens (including phenoxy) is 1. The lowest BCUT2D eigenvalue weighted by molar-refractivity contribution is -0.146. The molecule has 152 valence electrons. The predicted octanol–water partition coefficient (Wildman–Crippen LogP) is 2.96. The first-order valence-corrected chi connectivity index (χ1v) is 9.85. The number of anilines is 1. The van der Waals surface area contributed by atoms with E-state index in [-0.39, 0.29) is 35.1 Å². The van der Waals surface area contributed by atoms with Crippen molar-refractivity contribution >= 4 is 29.2 Å². The number of hydrogen-bond donors (Lipinski definition) is 0. The van der Waals surface area contributed by atoms with Crippen molar-refractivity contribution in [3.8, 4) is 0 Å². The number of aromatic nitrogens is 1. The molecule has 0 N–H and O–H groups in total. The molecule has 1 aromatic carbocycles. The Morgan fingerprint density at radius 3 is 2.59 bits per heavy atom. The third-order valence-electron chi connectivity index (χ3n) is 5.32. The molecule has 2 fully saturated rings. The highest BCUT2D eigenvalue weighted by molar-refractivity contribution is 6.30. The average molecular weight is 418 g/mol. The molecule has 0 unspecified atom stereocenters. The van der Waals surface area contributed by atoms with Crippen LogP contribution in [0.5, 0.6) is 0 Å². The van der Waals surface area contributed by atoms with Gasteiger partial charge in [0.2, 0.25) is 5.91 Å². The van der Waals surface area contributed by atoms with Crippen LogP contribution in [-0.2, 0) is 20.9 Å². The van der Waals surface area contributed by atoms with Crippen LogP contribution in [0.25, 0.3) is 0 Å². The molecule has 8 heteroatoms. The molecular formula is C21H21ClFN3O3. The molecule has 1 atom stereocenters. The summed E-state index contributed by atoms with van der Waals surface area (Å²) in [5.41, 5.74) is 2.06. The van der Waals surface area contributed by atoms with E-state index >= 15 is 0 Å². The molecule has 0 aliphatic carbocycles. The molecule has 1 aromatic heterocycles. The maximum atomic E-state index is 14.4. The van der Waals surface area contributed by atoms with E-state index in [0.717, 1.165) is 22.1 Å². The van der Waals surface area contributed by atoms with Crippen LogP contribution in [0.15, 0.2) is 36.5 Å². The van der Waals surface area contributed by atoms with Crippen LogP contribution in [0.1, 0.15) is 17.5 Å². The van der Waals surface area contributed by atoms with Crippen LogP contribution in [0.4, 0.5) is 10.2 Å². The number of hydrogen-bond acceptors (Lipinski definition) is 4. The molecule has 3 heterocycles. The number of rotatable bonds is 5. The molecule has 6 nitrogen and oxygen atoms in total. The van der Waals surface area contributed by atoms with E-state index in [1.165, 1.54) is 6.20 Å². The fourth-order valence-corrected chi connectivity index (χ4v) is 3.77. The van der Waals surface area contributed by atoms with Gasteiger partial charge in [-0.15, -0.1) is 0 Å². The van der Waals surface area contributed by atoms with Gasteiger partial charge in [0.15, 0.2) is 11.6 Å². The fourth-order valence-electron chi connectivity index (χ4n) is 3.63. The topological polar surface area (TPSA) is 62.7 Å². The number of nitrogens with zero attached hydrogens (tertiary/aromatic N) is 3. The van der Waals surface area contributed by atoms with Gasteiger partial charge in [0.25, 0.3) is 5.91 Å². The van der Waals surface area contributed by atoms with Gasteiger partial charge >= 0.3 is 0 Å². The second-order valence-corrected chi connectivity index (χ2v) is 7.98. The summed E-state index contributed by atoms with van der Waals surface area (Å²) in [6.45, 7) is 3.18. The second kappa shape index (κ2) is 8.08. The average Bonchev–Trinajstić information content (AvgIpc) is 2.65. The Morgan fingerprint density at radius 1 is 1.24 bits per heavy atom. The SMILES string of the molecule is Cc1ccc(CN2C(=O)CN(c3ncc(Cl)cc3F)C(=O)[C@@H]2CC2COC2)cc1. The molecule has 2 saturated heterocycles. The summed E-state index contributed by atoms with van der Waals surface area (Å²) in [5.74, 6) is -1.28. The largest absolute Gasteiger partial charge is 0.381 e. The molecule has 29 heavy (non-hydrogen) atoms. The Kier molecular flexibility index (Phi) is 5.52. The Bertz CT molecular complexity index is 933. The van der Waals surface area contributed by atoms with Gasteiger partial charge in [0.05, 0.1) is 18.2 Å². The number of piperazine rings is 1. The monoisotopic (exact) mass is 417 g/mol. The van der Waals surface area contributed by atoms with E-state index in [1.54, 1.807) is 4.90 Å². The molecule has 0 radical (unpaired) electrons. The minimum atomic E-state index is -0.726. The number of carbonyl (C=O) groups excluding carboxylic acids is 2. The molecule has 2 aliphatic rings. The molecule has 2 aliphatic heterocycles. The normalized spacial score (nSPS) is 20.2. The minimum absolute atomic E-state index is 0.131. The molecule has 2 aromatic rings. The summed E-state index contributed by atoms with van der Waals surface area (Å²) in [4.78, 5) is 33.0. The van der Waals surface area contributed by atoms with Crippen LogP contribution in [-0.4, -0.2) is 47.5 Å². The van der Waals surface area contributed by atoms with Crippen molar-refractivity contribution in [1.29, 1.82) is 0 Å². The minimum Gasteiger partial charge on any atom is -0.381 e. The highest BCUT2D eigenvalue weighted by Gasteiger charge is 2.43. The standard InChI is InChI=1S/C21H21ClFN3O3/c1-13-2-4-14(5-3-13)9-25-18(6-15-11-29-12-15)21(28)26(10-19(25)27)20-17(23)7-16(22)8-24-20/h2-5,7-8,15,18H,6,9-12H2,1H3/t18-/m0/s1. The van der Waals surface area contributed by atoms with Crippen molar-refractivity contribution < 1.29 is 18.7 Å². The van der Waals surface area contributed by atoms with E-state index in [9.17, 15) is 14.0 Å². The number of carbonyl (C=O) groups is 2. The van der Waals surface area contributed by atoms with Gasteiger partial charge in [-0.05, 0) is 25.0 Å². The van der Waals surface area contributed by atoms with Crippen LogP contribution < -0.4 is 4.90 Å². The lowest BCUT2D eigenvalue weighted by Gasteiger charge is -2.42. The number of benzene rings is 1. The van der Waals surface area contributed by atoms with Gasteiger partial charge in [-0.2, -0.15) is 0 Å². The van der Waals surface area contributed by atoms with Gasteiger partial charge in [0.1, 0.15) is 12.6 Å². The van der Waals surface area contributed by atoms with Crippen LogP contribution in [0.2, 0.25) is 5.02 Å². The first-order chi connectivity index (χ1) is 13.9. The van der Waals surface area contributed by atoms with Gasteiger partial charge in [-0.3, -0.25) is 14.5 Å². The summed E-state index contributed by atoms with van der Waals surface area (Å²) in [6.07, 6.45) is 1.74. The zero-order valence-electron chi connectivity index (χ0n) is 16.0. The quantitative estimate of drug-likeness (QED) is 0.750. The molecule has 0 spiro atoms. The maximum Gasteiger partial charge on any atom is 0.251 e. The van der Waals surface area contributed by atoms with Crippen molar-refractivity contribution in [1.82, 2.24) is 9.88 Å². The summed E-state index contributed by atoms with van der Waals surface area (Å²) in [7, 11) is 0. The van der Waals surface area contributed by atoms with Crippen LogP contribution >= 0.6 is 11.6 Å². The van der Waals surface area contributed by atoms with Crippen molar-refractivity contribution in [2.75, 3.05) is 24.7 Å². The number of pyridine rings is 1. The fraction of sp³-hybridized carbons (Fsp3) is 0.381. The van der Waals surface area contributed by atoms with E-state index < -0.39 is 11.9 Å². The van der Waals surface area contributed by atoms with Crippen molar-refractivity contribution in [2.45, 2.75) is 25.9 Å². The molecule has 0 bridgehead atoms. The first kappa shape index (κ1) is 19.8. The van der Waals surface area contributed by atoms with Crippen molar-refractivity contribution in [3.05, 3.63) is 58.5 Å². The number of aryl methyl sites for hydroxylation is 1. The Hall–Kier alpha value is -2.51. The highest BCUT2D eigenvalue weighted by atomic mass is 35.5. The van der Waals surface area contributed by atoms with Gasteiger partial charge in [0, 0.05) is 18.7 Å². The van der Waals surface area contributed by atoms with E-state index in [4.69, 9.17) is 16.3 Å². The Balaban J connectivity index is 1.63. The lowest BCUT2D eigenvalue weighted by atomic mass is 9.94. The zero-order valence-corrected chi connectivity index (χ0v) is 16.7.